The second-order valence-electron chi connectivity index (χ2n) is 7.69. The van der Waals surface area contributed by atoms with E-state index >= 15 is 0 Å². The van der Waals surface area contributed by atoms with E-state index in [-0.39, 0.29) is 60.0 Å². The van der Waals surface area contributed by atoms with E-state index in [1.165, 1.54) is 4.90 Å². The van der Waals surface area contributed by atoms with Crippen LogP contribution in [0.15, 0.2) is 12.2 Å². The van der Waals surface area contributed by atoms with E-state index < -0.39 is 0 Å². The van der Waals surface area contributed by atoms with Crippen LogP contribution in [0.2, 0.25) is 0 Å². The molecule has 0 spiro atoms. The first-order valence-corrected chi connectivity index (χ1v) is 8.83. The lowest BCUT2D eigenvalue weighted by atomic mass is 9.85. The van der Waals surface area contributed by atoms with Gasteiger partial charge in [0.1, 0.15) is 6.54 Å². The average molecular weight is 316 g/mol. The number of piperidine rings is 1. The molecule has 4 rings (SSSR count). The van der Waals surface area contributed by atoms with Gasteiger partial charge in [-0.05, 0) is 51.4 Å². The molecule has 3 fully saturated rings. The molecule has 0 aromatic rings. The zero-order valence-corrected chi connectivity index (χ0v) is 13.8. The number of hydrogen-bond donors (Lipinski definition) is 0. The minimum atomic E-state index is -0.207. The van der Waals surface area contributed by atoms with Gasteiger partial charge in [0.2, 0.25) is 17.7 Å². The lowest BCUT2D eigenvalue weighted by Crippen LogP contribution is -2.52. The second kappa shape index (κ2) is 5.18. The van der Waals surface area contributed by atoms with Crippen LogP contribution in [0.4, 0.5) is 0 Å². The number of imide groups is 1. The number of nitrogens with zero attached hydrogens (tertiary/aromatic N) is 2. The van der Waals surface area contributed by atoms with Crippen LogP contribution in [0.3, 0.4) is 0 Å². The molecule has 2 aliphatic heterocycles. The van der Waals surface area contributed by atoms with Crippen molar-refractivity contribution in [1.82, 2.24) is 9.80 Å². The molecule has 6 atom stereocenters. The largest absolute Gasteiger partial charge is 0.336 e. The number of rotatable bonds is 2. The van der Waals surface area contributed by atoms with Crippen LogP contribution in [0.5, 0.6) is 0 Å². The van der Waals surface area contributed by atoms with Gasteiger partial charge in [-0.25, -0.2) is 0 Å². The summed E-state index contributed by atoms with van der Waals surface area (Å²) in [7, 11) is 0. The number of carbonyl (C=O) groups excluding carboxylic acids is 3. The molecule has 2 bridgehead atoms. The summed E-state index contributed by atoms with van der Waals surface area (Å²) in [4.78, 5) is 41.2. The average Bonchev–Trinajstić information content (AvgIpc) is 3.17. The summed E-state index contributed by atoms with van der Waals surface area (Å²) in [6.07, 6.45) is 8.21. The summed E-state index contributed by atoms with van der Waals surface area (Å²) in [5.41, 5.74) is 0. The molecule has 1 saturated carbocycles. The molecule has 2 saturated heterocycles. The molecule has 2 heterocycles. The Labute approximate surface area is 136 Å². The molecule has 4 aliphatic rings. The van der Waals surface area contributed by atoms with Gasteiger partial charge in [-0.15, -0.1) is 0 Å². The van der Waals surface area contributed by atoms with E-state index in [4.69, 9.17) is 0 Å². The van der Waals surface area contributed by atoms with Crippen molar-refractivity contribution < 1.29 is 14.4 Å². The van der Waals surface area contributed by atoms with Crippen molar-refractivity contribution >= 4 is 17.7 Å². The summed E-state index contributed by atoms with van der Waals surface area (Å²) in [6, 6.07) is 0.382. The lowest BCUT2D eigenvalue weighted by Gasteiger charge is -2.39. The van der Waals surface area contributed by atoms with Crippen LogP contribution in [0.25, 0.3) is 0 Å². The molecule has 5 heteroatoms. The van der Waals surface area contributed by atoms with E-state index in [9.17, 15) is 14.4 Å². The van der Waals surface area contributed by atoms with Gasteiger partial charge >= 0.3 is 0 Å². The highest BCUT2D eigenvalue weighted by Gasteiger charge is 2.59. The smallest absolute Gasteiger partial charge is 0.243 e. The van der Waals surface area contributed by atoms with Crippen molar-refractivity contribution in [3.8, 4) is 0 Å². The summed E-state index contributed by atoms with van der Waals surface area (Å²) in [5.74, 6) is -0.330. The number of fused-ring (bicyclic) bond motifs is 5. The van der Waals surface area contributed by atoms with E-state index in [0.29, 0.717) is 0 Å². The standard InChI is InChI=1S/C18H24N2O3/c1-10-4-3-5-11(2)20(10)14(21)9-19-17(22)15-12-6-7-13(8-12)16(15)18(19)23/h6-7,10-13,15-16H,3-5,8-9H2,1-2H3/t10-,11+,12-,13-,15-,16+/m0/s1. The van der Waals surface area contributed by atoms with Gasteiger partial charge in [0.25, 0.3) is 0 Å². The minimum Gasteiger partial charge on any atom is -0.336 e. The van der Waals surface area contributed by atoms with Gasteiger partial charge in [-0.2, -0.15) is 0 Å². The Morgan fingerprint density at radius 1 is 1.04 bits per heavy atom. The quantitative estimate of drug-likeness (QED) is 0.574. The minimum absolute atomic E-state index is 0.0706. The topological polar surface area (TPSA) is 57.7 Å². The Hall–Kier alpha value is -1.65. The van der Waals surface area contributed by atoms with E-state index in [0.717, 1.165) is 25.7 Å². The molecular formula is C18H24N2O3. The first-order valence-electron chi connectivity index (χ1n) is 8.83. The lowest BCUT2D eigenvalue weighted by molar-refractivity contribution is -0.149. The van der Waals surface area contributed by atoms with Gasteiger partial charge < -0.3 is 4.90 Å². The third-order valence-electron chi connectivity index (χ3n) is 6.34. The second-order valence-corrected chi connectivity index (χ2v) is 7.69. The highest BCUT2D eigenvalue weighted by molar-refractivity contribution is 6.08. The molecule has 0 radical (unpaired) electrons. The van der Waals surface area contributed by atoms with E-state index in [2.05, 4.69) is 26.0 Å². The van der Waals surface area contributed by atoms with Crippen LogP contribution >= 0.6 is 0 Å². The molecular weight excluding hydrogens is 292 g/mol. The highest BCUT2D eigenvalue weighted by atomic mass is 16.2. The van der Waals surface area contributed by atoms with Crippen molar-refractivity contribution in [3.63, 3.8) is 0 Å². The number of carbonyl (C=O) groups is 3. The normalized spacial score (nSPS) is 41.8. The third kappa shape index (κ3) is 2.08. The number of likely N-dealkylation sites (tertiary alicyclic amines) is 2. The van der Waals surface area contributed by atoms with Crippen molar-refractivity contribution in [1.29, 1.82) is 0 Å². The molecule has 124 valence electrons. The molecule has 0 aromatic carbocycles. The summed E-state index contributed by atoms with van der Waals surface area (Å²) in [6.45, 7) is 4.04. The first-order chi connectivity index (χ1) is 11.0. The predicted octanol–water partition coefficient (Wildman–Crippen LogP) is 1.58. The molecule has 2 aliphatic carbocycles. The number of allylic oxidation sites excluding steroid dienone is 2. The van der Waals surface area contributed by atoms with Gasteiger partial charge in [-0.3, -0.25) is 19.3 Å². The van der Waals surface area contributed by atoms with Crippen LogP contribution in [0.1, 0.15) is 39.5 Å². The van der Waals surface area contributed by atoms with Crippen LogP contribution < -0.4 is 0 Å². The number of amides is 3. The van der Waals surface area contributed by atoms with E-state index in [1.807, 2.05) is 4.90 Å². The fourth-order valence-corrected chi connectivity index (χ4v) is 5.25. The Balaban J connectivity index is 1.50. The van der Waals surface area contributed by atoms with Gasteiger partial charge in [-0.1, -0.05) is 12.2 Å². The Morgan fingerprint density at radius 2 is 1.57 bits per heavy atom. The van der Waals surface area contributed by atoms with Crippen molar-refractivity contribution in [2.75, 3.05) is 6.54 Å². The zero-order valence-electron chi connectivity index (χ0n) is 13.8. The third-order valence-corrected chi connectivity index (χ3v) is 6.34. The summed E-state index contributed by atoms with van der Waals surface area (Å²) >= 11 is 0. The molecule has 5 nitrogen and oxygen atoms in total. The Kier molecular flexibility index (Phi) is 3.36. The molecule has 0 unspecified atom stereocenters. The van der Waals surface area contributed by atoms with Crippen molar-refractivity contribution in [2.45, 2.75) is 51.6 Å². The number of hydrogen-bond acceptors (Lipinski definition) is 3. The summed E-state index contributed by atoms with van der Waals surface area (Å²) in [5, 5.41) is 0. The maximum Gasteiger partial charge on any atom is 0.243 e. The Morgan fingerprint density at radius 3 is 2.09 bits per heavy atom. The Bertz CT molecular complexity index is 559. The molecule has 23 heavy (non-hydrogen) atoms. The van der Waals surface area contributed by atoms with Gasteiger partial charge in [0, 0.05) is 12.1 Å². The molecule has 3 amide bonds. The maximum atomic E-state index is 12.7. The van der Waals surface area contributed by atoms with Gasteiger partial charge in [0.05, 0.1) is 11.8 Å². The predicted molar refractivity (Wildman–Crippen MR) is 84.1 cm³/mol. The monoisotopic (exact) mass is 316 g/mol. The molecule has 0 N–H and O–H groups in total. The maximum absolute atomic E-state index is 12.7. The highest BCUT2D eigenvalue weighted by Crippen LogP contribution is 2.52. The fourth-order valence-electron chi connectivity index (χ4n) is 5.25. The first kappa shape index (κ1) is 14.9. The van der Waals surface area contributed by atoms with Crippen LogP contribution in [-0.4, -0.2) is 46.1 Å². The van der Waals surface area contributed by atoms with Gasteiger partial charge in [0.15, 0.2) is 0 Å². The summed E-state index contributed by atoms with van der Waals surface area (Å²) < 4.78 is 0. The molecule has 0 aromatic heterocycles. The van der Waals surface area contributed by atoms with Crippen LogP contribution in [0, 0.1) is 23.7 Å². The van der Waals surface area contributed by atoms with E-state index in [1.54, 1.807) is 0 Å². The fraction of sp³-hybridized carbons (Fsp3) is 0.722. The zero-order chi connectivity index (χ0) is 16.3. The SMILES string of the molecule is C[C@@H]1CCC[C@H](C)N1C(=O)CN1C(=O)[C@@H]2[C@H](C1=O)[C@H]1C=C[C@H]2C1. The van der Waals surface area contributed by atoms with Crippen molar-refractivity contribution in [2.24, 2.45) is 23.7 Å². The van der Waals surface area contributed by atoms with Crippen LogP contribution in [-0.2, 0) is 14.4 Å². The van der Waals surface area contributed by atoms with Crippen molar-refractivity contribution in [3.05, 3.63) is 12.2 Å².